The van der Waals surface area contributed by atoms with Crippen molar-refractivity contribution in [3.8, 4) is 5.75 Å². The van der Waals surface area contributed by atoms with Crippen LogP contribution in [0, 0.1) is 23.2 Å². The van der Waals surface area contributed by atoms with Gasteiger partial charge in [-0.05, 0) is 97.9 Å². The smallest absolute Gasteiger partial charge is 0.410 e. The molecule has 184 valence electrons. The standard InChI is InChI=1S/C26H31Cl3N2O3/c27-26(28,29)14-34-23(33)31-13-17-11-24-6-5-20(31)22(17)25(24)7-8-30(12-15-1-2-15)21(24)9-16-3-4-18(32)10-19(16)25/h3-4,10,15,17,20-22,32H,1-2,5-9,11-14H2/t17-,20-,21-,22-,24-,25+/m1/s1. The second-order valence-corrected chi connectivity index (χ2v) is 14.3. The van der Waals surface area contributed by atoms with Crippen LogP contribution in [0.3, 0.4) is 0 Å². The van der Waals surface area contributed by atoms with Crippen LogP contribution < -0.4 is 0 Å². The van der Waals surface area contributed by atoms with Crippen molar-refractivity contribution in [3.63, 3.8) is 0 Å². The number of alkyl halides is 3. The van der Waals surface area contributed by atoms with Crippen molar-refractivity contribution in [3.05, 3.63) is 29.3 Å². The van der Waals surface area contributed by atoms with Crippen molar-refractivity contribution in [1.82, 2.24) is 9.80 Å². The molecular formula is C26H31Cl3N2O3. The molecule has 4 bridgehead atoms. The molecule has 34 heavy (non-hydrogen) atoms. The maximum Gasteiger partial charge on any atom is 0.410 e. The van der Waals surface area contributed by atoms with Gasteiger partial charge < -0.3 is 14.7 Å². The maximum absolute atomic E-state index is 13.1. The number of rotatable bonds is 3. The summed E-state index contributed by atoms with van der Waals surface area (Å²) in [7, 11) is 0. The Hall–Kier alpha value is -0.880. The fourth-order valence-electron chi connectivity index (χ4n) is 9.38. The van der Waals surface area contributed by atoms with Gasteiger partial charge in [0, 0.05) is 30.6 Å². The monoisotopic (exact) mass is 524 g/mol. The van der Waals surface area contributed by atoms with Crippen molar-refractivity contribution in [2.45, 2.75) is 66.2 Å². The summed E-state index contributed by atoms with van der Waals surface area (Å²) in [6, 6.07) is 6.79. The summed E-state index contributed by atoms with van der Waals surface area (Å²) >= 11 is 17.5. The Morgan fingerprint density at radius 2 is 2.03 bits per heavy atom. The van der Waals surface area contributed by atoms with E-state index in [9.17, 15) is 9.90 Å². The van der Waals surface area contributed by atoms with Crippen molar-refractivity contribution in [1.29, 1.82) is 0 Å². The second kappa shape index (κ2) is 7.34. The highest BCUT2D eigenvalue weighted by molar-refractivity contribution is 6.67. The van der Waals surface area contributed by atoms with E-state index in [1.165, 1.54) is 30.5 Å². The molecule has 5 fully saturated rings. The lowest BCUT2D eigenvalue weighted by Crippen LogP contribution is -2.70. The minimum atomic E-state index is -1.60. The van der Waals surface area contributed by atoms with Gasteiger partial charge in [0.2, 0.25) is 3.79 Å². The Balaban J connectivity index is 1.29. The molecule has 0 aromatic heterocycles. The number of ether oxygens (including phenoxy) is 1. The Bertz CT molecular complexity index is 1040. The number of hydrogen-bond acceptors (Lipinski definition) is 4. The van der Waals surface area contributed by atoms with Crippen LogP contribution in [0.15, 0.2) is 18.2 Å². The minimum absolute atomic E-state index is 0.0157. The minimum Gasteiger partial charge on any atom is -0.508 e. The first kappa shape index (κ1) is 22.3. The first-order chi connectivity index (χ1) is 16.2. The van der Waals surface area contributed by atoms with E-state index in [1.54, 1.807) is 0 Å². The summed E-state index contributed by atoms with van der Waals surface area (Å²) < 4.78 is 3.84. The van der Waals surface area contributed by atoms with Gasteiger partial charge in [-0.2, -0.15) is 0 Å². The van der Waals surface area contributed by atoms with E-state index >= 15 is 0 Å². The zero-order chi connectivity index (χ0) is 23.5. The van der Waals surface area contributed by atoms with Gasteiger partial charge in [-0.25, -0.2) is 4.79 Å². The summed E-state index contributed by atoms with van der Waals surface area (Å²) in [5.41, 5.74) is 3.02. The van der Waals surface area contributed by atoms with Crippen LogP contribution in [0.5, 0.6) is 5.75 Å². The van der Waals surface area contributed by atoms with E-state index in [1.807, 2.05) is 11.0 Å². The van der Waals surface area contributed by atoms with Crippen LogP contribution in [0.4, 0.5) is 4.79 Å². The molecule has 0 spiro atoms. The second-order valence-electron chi connectivity index (χ2n) is 11.8. The molecule has 1 N–H and O–H groups in total. The van der Waals surface area contributed by atoms with Gasteiger partial charge in [0.15, 0.2) is 0 Å². The van der Waals surface area contributed by atoms with Gasteiger partial charge in [-0.3, -0.25) is 4.90 Å². The maximum atomic E-state index is 13.1. The van der Waals surface area contributed by atoms with Crippen molar-refractivity contribution in [2.75, 3.05) is 26.2 Å². The molecule has 6 atom stereocenters. The number of phenols is 1. The van der Waals surface area contributed by atoms with E-state index in [-0.39, 0.29) is 29.6 Å². The molecule has 1 amide bonds. The SMILES string of the molecule is O=C(OCC(Cl)(Cl)Cl)N1C[C@H]2C[C@@]34CC[C@@H]1[C@@H]2[C@@]31CCN(CC2CC2)[C@@H]4Cc2ccc(O)cc21. The highest BCUT2D eigenvalue weighted by atomic mass is 35.6. The third kappa shape index (κ3) is 2.99. The molecule has 2 aliphatic heterocycles. The van der Waals surface area contributed by atoms with E-state index in [4.69, 9.17) is 39.5 Å². The number of halogens is 3. The topological polar surface area (TPSA) is 53.0 Å². The zero-order valence-electron chi connectivity index (χ0n) is 19.2. The number of carbonyl (C=O) groups is 1. The molecule has 2 heterocycles. The summed E-state index contributed by atoms with van der Waals surface area (Å²) in [5.74, 6) is 2.08. The first-order valence-corrected chi connectivity index (χ1v) is 13.9. The Labute approximate surface area is 215 Å². The molecule has 0 unspecified atom stereocenters. The van der Waals surface area contributed by atoms with Gasteiger partial charge in [0.05, 0.1) is 0 Å². The normalized spacial score (nSPS) is 40.1. The number of fused-ring (bicyclic) bond motifs is 1. The number of likely N-dealkylation sites (tertiary alicyclic amines) is 2. The lowest BCUT2D eigenvalue weighted by Gasteiger charge is -2.66. The van der Waals surface area contributed by atoms with E-state index in [2.05, 4.69) is 17.0 Å². The molecule has 2 saturated heterocycles. The average Bonchev–Trinajstić information content (AvgIpc) is 3.47. The van der Waals surface area contributed by atoms with Gasteiger partial charge in [0.25, 0.3) is 0 Å². The molecule has 7 rings (SSSR count). The predicted molar refractivity (Wildman–Crippen MR) is 132 cm³/mol. The van der Waals surface area contributed by atoms with Crippen LogP contribution in [0.1, 0.15) is 49.7 Å². The van der Waals surface area contributed by atoms with Gasteiger partial charge in [-0.1, -0.05) is 40.9 Å². The van der Waals surface area contributed by atoms with Gasteiger partial charge >= 0.3 is 6.09 Å². The van der Waals surface area contributed by atoms with Crippen molar-refractivity contribution < 1.29 is 14.6 Å². The number of nitrogens with zero attached hydrogens (tertiary/aromatic N) is 2. The van der Waals surface area contributed by atoms with E-state index < -0.39 is 3.79 Å². The van der Waals surface area contributed by atoms with Crippen molar-refractivity contribution >= 4 is 40.9 Å². The van der Waals surface area contributed by atoms with Crippen LogP contribution in [-0.4, -0.2) is 63.1 Å². The summed E-state index contributed by atoms with van der Waals surface area (Å²) in [6.45, 7) is 2.84. The molecule has 6 aliphatic rings. The Morgan fingerprint density at radius 1 is 1.21 bits per heavy atom. The number of carbonyl (C=O) groups excluding carboxylic acids is 1. The number of aromatic hydroxyl groups is 1. The molecular weight excluding hydrogens is 495 g/mol. The highest BCUT2D eigenvalue weighted by Crippen LogP contribution is 2.75. The molecule has 1 aromatic carbocycles. The average molecular weight is 526 g/mol. The zero-order valence-corrected chi connectivity index (χ0v) is 21.5. The number of phenolic OH excluding ortho intramolecular Hbond substituents is 1. The summed E-state index contributed by atoms with van der Waals surface area (Å²) in [5, 5.41) is 10.5. The third-order valence-corrected chi connectivity index (χ3v) is 10.7. The van der Waals surface area contributed by atoms with Crippen LogP contribution >= 0.6 is 34.8 Å². The number of benzene rings is 1. The number of piperidine rings is 1. The Kier molecular flexibility index (Phi) is 4.82. The fourth-order valence-corrected chi connectivity index (χ4v) is 9.54. The first-order valence-electron chi connectivity index (χ1n) is 12.8. The third-order valence-electron chi connectivity index (χ3n) is 10.4. The van der Waals surface area contributed by atoms with Crippen LogP contribution in [0.2, 0.25) is 0 Å². The lowest BCUT2D eigenvalue weighted by molar-refractivity contribution is -0.103. The van der Waals surface area contributed by atoms with E-state index in [0.29, 0.717) is 23.6 Å². The summed E-state index contributed by atoms with van der Waals surface area (Å²) in [6.07, 6.45) is 7.89. The molecule has 0 radical (unpaired) electrons. The fraction of sp³-hybridized carbons (Fsp3) is 0.731. The largest absolute Gasteiger partial charge is 0.508 e. The number of hydrogen-bond donors (Lipinski definition) is 1. The van der Waals surface area contributed by atoms with E-state index in [0.717, 1.165) is 51.1 Å². The van der Waals surface area contributed by atoms with Gasteiger partial charge in [-0.15, -0.1) is 0 Å². The highest BCUT2D eigenvalue weighted by Gasteiger charge is 2.76. The number of amides is 1. The van der Waals surface area contributed by atoms with Gasteiger partial charge in [0.1, 0.15) is 12.4 Å². The predicted octanol–water partition coefficient (Wildman–Crippen LogP) is 5.28. The summed E-state index contributed by atoms with van der Waals surface area (Å²) in [4.78, 5) is 17.9. The van der Waals surface area contributed by atoms with Crippen LogP contribution in [0.25, 0.3) is 0 Å². The quantitative estimate of drug-likeness (QED) is 0.546. The van der Waals surface area contributed by atoms with Crippen LogP contribution in [-0.2, 0) is 16.6 Å². The Morgan fingerprint density at radius 3 is 2.79 bits per heavy atom. The lowest BCUT2D eigenvalue weighted by atomic mass is 9.43. The van der Waals surface area contributed by atoms with Crippen molar-refractivity contribution in [2.24, 2.45) is 23.2 Å². The molecule has 4 aliphatic carbocycles. The molecule has 3 saturated carbocycles. The molecule has 8 heteroatoms. The molecule has 1 aromatic rings. The molecule has 5 nitrogen and oxygen atoms in total.